The molecule has 0 spiro atoms. The number of benzene rings is 2. The first-order valence-electron chi connectivity index (χ1n) is 9.98. The zero-order chi connectivity index (χ0) is 21.3. The summed E-state index contributed by atoms with van der Waals surface area (Å²) in [6, 6.07) is 20.6. The molecule has 152 valence electrons. The first-order chi connectivity index (χ1) is 14.6. The monoisotopic (exact) mass is 396 g/mol. The minimum absolute atomic E-state index is 0.0457. The molecule has 0 saturated heterocycles. The van der Waals surface area contributed by atoms with Crippen LogP contribution < -0.4 is 11.1 Å². The van der Waals surface area contributed by atoms with E-state index in [1.807, 2.05) is 37.7 Å². The number of rotatable bonds is 5. The molecule has 1 unspecified atom stereocenters. The highest BCUT2D eigenvalue weighted by atomic mass is 15.0. The van der Waals surface area contributed by atoms with E-state index in [4.69, 9.17) is 5.73 Å². The molecule has 3 aromatic rings. The van der Waals surface area contributed by atoms with E-state index < -0.39 is 0 Å². The molecule has 4 rings (SSSR count). The largest absolute Gasteiger partial charge is 0.312 e. The summed E-state index contributed by atoms with van der Waals surface area (Å²) in [6.07, 6.45) is 7.60. The molecule has 2 heterocycles. The summed E-state index contributed by atoms with van der Waals surface area (Å²) in [7, 11) is 1.85. The predicted molar refractivity (Wildman–Crippen MR) is 127 cm³/mol. The van der Waals surface area contributed by atoms with Gasteiger partial charge in [-0.25, -0.2) is 0 Å². The van der Waals surface area contributed by atoms with Gasteiger partial charge in [-0.1, -0.05) is 66.7 Å². The molecular weight excluding hydrogens is 368 g/mol. The van der Waals surface area contributed by atoms with E-state index in [-0.39, 0.29) is 6.17 Å². The van der Waals surface area contributed by atoms with Gasteiger partial charge in [-0.3, -0.25) is 9.98 Å². The Balaban J connectivity index is 0.000000199. The van der Waals surface area contributed by atoms with Crippen LogP contribution in [0.2, 0.25) is 0 Å². The van der Waals surface area contributed by atoms with Crippen molar-refractivity contribution in [3.05, 3.63) is 108 Å². The number of aliphatic imine (C=N–C) groups is 1. The Kier molecular flexibility index (Phi) is 7.44. The van der Waals surface area contributed by atoms with Crippen molar-refractivity contribution in [1.82, 2.24) is 10.3 Å². The van der Waals surface area contributed by atoms with Crippen molar-refractivity contribution in [3.63, 3.8) is 0 Å². The second kappa shape index (κ2) is 10.4. The van der Waals surface area contributed by atoms with Crippen molar-refractivity contribution < 1.29 is 0 Å². The van der Waals surface area contributed by atoms with E-state index >= 15 is 0 Å². The highest BCUT2D eigenvalue weighted by Crippen LogP contribution is 2.26. The number of nitrogens with one attached hydrogen (secondary N) is 1. The number of aryl methyl sites for hydroxylation is 1. The Hall–Kier alpha value is -3.34. The number of pyridine rings is 1. The quantitative estimate of drug-likeness (QED) is 0.600. The molecule has 0 radical (unpaired) electrons. The molecular formula is C26H28N4. The van der Waals surface area contributed by atoms with Gasteiger partial charge in [0.2, 0.25) is 0 Å². The summed E-state index contributed by atoms with van der Waals surface area (Å²) in [4.78, 5) is 8.36. The zero-order valence-corrected chi connectivity index (χ0v) is 17.5. The van der Waals surface area contributed by atoms with Gasteiger partial charge in [-0.15, -0.1) is 0 Å². The van der Waals surface area contributed by atoms with Gasteiger partial charge in [-0.05, 0) is 53.9 Å². The number of allylic oxidation sites excluding steroid dienone is 2. The summed E-state index contributed by atoms with van der Waals surface area (Å²) in [5.74, 6) is 0. The van der Waals surface area contributed by atoms with Crippen molar-refractivity contribution in [2.45, 2.75) is 13.1 Å². The molecule has 2 aromatic carbocycles. The standard InChI is InChI=1S/C17H14N2.C9H14N2/c1-13(16-7-9-19-11-16)14-4-2-5-15(10-14)17-6-3-8-18-12-17;1-7-3-5-8(6-4-7)9(10)11-2/h2-8,10-12H,1,9H2;3-6,9,11H,10H2,1-2H3. The van der Waals surface area contributed by atoms with Crippen LogP contribution in [0.1, 0.15) is 22.9 Å². The topological polar surface area (TPSA) is 63.3 Å². The Labute approximate surface area is 178 Å². The third kappa shape index (κ3) is 5.60. The molecule has 0 amide bonds. The van der Waals surface area contributed by atoms with Crippen LogP contribution in [0.25, 0.3) is 16.7 Å². The molecule has 0 bridgehead atoms. The normalized spacial score (nSPS) is 13.2. The van der Waals surface area contributed by atoms with E-state index in [0.717, 1.165) is 39.9 Å². The molecule has 4 nitrogen and oxygen atoms in total. The van der Waals surface area contributed by atoms with Gasteiger partial charge in [0.25, 0.3) is 0 Å². The van der Waals surface area contributed by atoms with Gasteiger partial charge in [-0.2, -0.15) is 0 Å². The number of nitrogens with zero attached hydrogens (tertiary/aromatic N) is 2. The van der Waals surface area contributed by atoms with Crippen molar-refractivity contribution in [2.75, 3.05) is 13.6 Å². The van der Waals surface area contributed by atoms with Crippen LogP contribution in [-0.2, 0) is 0 Å². The molecule has 3 N–H and O–H groups in total. The van der Waals surface area contributed by atoms with Crippen molar-refractivity contribution in [2.24, 2.45) is 10.7 Å². The van der Waals surface area contributed by atoms with Gasteiger partial charge in [0, 0.05) is 24.2 Å². The molecule has 1 aromatic heterocycles. The minimum Gasteiger partial charge on any atom is -0.312 e. The van der Waals surface area contributed by atoms with Crippen molar-refractivity contribution >= 4 is 11.8 Å². The molecule has 0 saturated carbocycles. The Morgan fingerprint density at radius 3 is 2.47 bits per heavy atom. The SMILES string of the molecule is C=C(C1=CCN=C1)c1cccc(-c2cccnc2)c1.CNC(N)c1ccc(C)cc1. The highest BCUT2D eigenvalue weighted by Gasteiger charge is 2.07. The lowest BCUT2D eigenvalue weighted by atomic mass is 9.97. The summed E-state index contributed by atoms with van der Waals surface area (Å²) in [6.45, 7) is 6.99. The number of aromatic nitrogens is 1. The van der Waals surface area contributed by atoms with E-state index in [0.29, 0.717) is 0 Å². The second-order valence-electron chi connectivity index (χ2n) is 7.13. The first-order valence-corrected chi connectivity index (χ1v) is 9.98. The fourth-order valence-electron chi connectivity index (χ4n) is 3.08. The van der Waals surface area contributed by atoms with E-state index in [2.05, 4.69) is 77.3 Å². The van der Waals surface area contributed by atoms with Gasteiger partial charge in [0.05, 0.1) is 12.7 Å². The van der Waals surface area contributed by atoms with Gasteiger partial charge in [0.15, 0.2) is 0 Å². The summed E-state index contributed by atoms with van der Waals surface area (Å²) in [5, 5.41) is 2.98. The Bertz CT molecular complexity index is 1030. The molecule has 1 atom stereocenters. The molecule has 0 fully saturated rings. The lowest BCUT2D eigenvalue weighted by molar-refractivity contribution is 0.622. The fraction of sp³-hybridized carbons (Fsp3) is 0.154. The van der Waals surface area contributed by atoms with Gasteiger partial charge >= 0.3 is 0 Å². The minimum atomic E-state index is -0.0457. The third-order valence-corrected chi connectivity index (χ3v) is 4.95. The van der Waals surface area contributed by atoms with Crippen LogP contribution in [-0.4, -0.2) is 24.8 Å². The van der Waals surface area contributed by atoms with Crippen molar-refractivity contribution in [3.8, 4) is 11.1 Å². The van der Waals surface area contributed by atoms with Crippen LogP contribution in [0.4, 0.5) is 0 Å². The lowest BCUT2D eigenvalue weighted by Crippen LogP contribution is -2.24. The van der Waals surface area contributed by atoms with E-state index in [1.54, 1.807) is 6.20 Å². The predicted octanol–water partition coefficient (Wildman–Crippen LogP) is 4.94. The van der Waals surface area contributed by atoms with Crippen LogP contribution in [0, 0.1) is 6.92 Å². The maximum absolute atomic E-state index is 5.73. The van der Waals surface area contributed by atoms with Gasteiger partial charge < -0.3 is 11.1 Å². The van der Waals surface area contributed by atoms with Crippen LogP contribution in [0.5, 0.6) is 0 Å². The zero-order valence-electron chi connectivity index (χ0n) is 17.5. The number of hydrogen-bond donors (Lipinski definition) is 2. The Morgan fingerprint density at radius 1 is 1.07 bits per heavy atom. The molecule has 0 aliphatic carbocycles. The average molecular weight is 397 g/mol. The maximum Gasteiger partial charge on any atom is 0.0807 e. The maximum atomic E-state index is 5.73. The number of hydrogen-bond acceptors (Lipinski definition) is 4. The number of nitrogens with two attached hydrogens (primary N) is 1. The first kappa shape index (κ1) is 21.4. The van der Waals surface area contributed by atoms with Crippen LogP contribution >= 0.6 is 0 Å². The molecule has 4 heteroatoms. The molecule has 1 aliphatic heterocycles. The summed E-state index contributed by atoms with van der Waals surface area (Å²) < 4.78 is 0. The average Bonchev–Trinajstić information content (AvgIpc) is 3.35. The summed E-state index contributed by atoms with van der Waals surface area (Å²) >= 11 is 0. The Morgan fingerprint density at radius 2 is 1.83 bits per heavy atom. The van der Waals surface area contributed by atoms with Crippen LogP contribution in [0.3, 0.4) is 0 Å². The summed E-state index contributed by atoms with van der Waals surface area (Å²) in [5.41, 5.74) is 13.6. The fourth-order valence-corrected chi connectivity index (χ4v) is 3.08. The molecule has 1 aliphatic rings. The molecule has 30 heavy (non-hydrogen) atoms. The third-order valence-electron chi connectivity index (χ3n) is 4.95. The second-order valence-corrected chi connectivity index (χ2v) is 7.13. The lowest BCUT2D eigenvalue weighted by Gasteiger charge is -2.09. The van der Waals surface area contributed by atoms with Crippen LogP contribution in [0.15, 0.2) is 96.3 Å². The van der Waals surface area contributed by atoms with Gasteiger partial charge in [0.1, 0.15) is 0 Å². The van der Waals surface area contributed by atoms with E-state index in [1.165, 1.54) is 5.56 Å². The van der Waals surface area contributed by atoms with Crippen molar-refractivity contribution in [1.29, 1.82) is 0 Å². The van der Waals surface area contributed by atoms with E-state index in [9.17, 15) is 0 Å². The highest BCUT2D eigenvalue weighted by molar-refractivity contribution is 6.01. The smallest absolute Gasteiger partial charge is 0.0807 e.